The Balaban J connectivity index is 1.82. The monoisotopic (exact) mass is 393 g/mol. The van der Waals surface area contributed by atoms with Crippen molar-refractivity contribution >= 4 is 11.9 Å². The Hall–Kier alpha value is -3.79. The lowest BCUT2D eigenvalue weighted by Crippen LogP contribution is -2.02. The van der Waals surface area contributed by atoms with Crippen molar-refractivity contribution in [1.29, 1.82) is 5.26 Å². The Morgan fingerprint density at radius 2 is 1.90 bits per heavy atom. The van der Waals surface area contributed by atoms with E-state index in [0.717, 1.165) is 11.1 Å². The summed E-state index contributed by atoms with van der Waals surface area (Å²) in [6.45, 7) is -2.46. The van der Waals surface area contributed by atoms with Crippen LogP contribution in [0.2, 0.25) is 0 Å². The first-order valence-electron chi connectivity index (χ1n) is 8.84. The van der Waals surface area contributed by atoms with Gasteiger partial charge in [-0.05, 0) is 36.4 Å². The molecule has 0 spiro atoms. The van der Waals surface area contributed by atoms with Crippen molar-refractivity contribution in [2.24, 2.45) is 0 Å². The van der Waals surface area contributed by atoms with E-state index in [0.29, 0.717) is 24.2 Å². The van der Waals surface area contributed by atoms with Crippen LogP contribution in [0.4, 0.5) is 8.78 Å². The molecule has 0 fully saturated rings. The summed E-state index contributed by atoms with van der Waals surface area (Å²) in [7, 11) is 0. The Morgan fingerprint density at radius 1 is 1.17 bits per heavy atom. The smallest absolute Gasteiger partial charge is 0.387 e. The molecule has 0 saturated heterocycles. The second kappa shape index (κ2) is 9.42. The number of hydrogen-bond acceptors (Lipinski definition) is 4. The van der Waals surface area contributed by atoms with E-state index in [4.69, 9.17) is 5.26 Å². The van der Waals surface area contributed by atoms with Gasteiger partial charge in [0.2, 0.25) is 0 Å². The molecule has 0 N–H and O–H groups in total. The highest BCUT2D eigenvalue weighted by atomic mass is 19.3. The minimum absolute atomic E-state index is 0.00865. The molecule has 0 saturated carbocycles. The number of carbonyl (C=O) groups is 1. The third kappa shape index (κ3) is 5.36. The quantitative estimate of drug-likeness (QED) is 0.401. The second-order valence-corrected chi connectivity index (χ2v) is 6.07. The summed E-state index contributed by atoms with van der Waals surface area (Å²) in [5.41, 5.74) is 2.68. The largest absolute Gasteiger partial charge is 0.435 e. The highest BCUT2D eigenvalue weighted by Gasteiger charge is 2.10. The number of allylic oxidation sites excluding steroid dienone is 1. The minimum atomic E-state index is -2.91. The minimum Gasteiger partial charge on any atom is -0.435 e. The van der Waals surface area contributed by atoms with Gasteiger partial charge in [-0.15, -0.1) is 0 Å². The van der Waals surface area contributed by atoms with Crippen LogP contribution in [0.25, 0.3) is 17.3 Å². The van der Waals surface area contributed by atoms with Crippen molar-refractivity contribution in [2.45, 2.75) is 19.6 Å². The summed E-state index contributed by atoms with van der Waals surface area (Å²) in [6, 6.07) is 17.1. The van der Waals surface area contributed by atoms with Crippen LogP contribution < -0.4 is 4.74 Å². The number of alkyl halides is 2. The number of nitrogens with zero attached hydrogens (tertiary/aromatic N) is 3. The topological polar surface area (TPSA) is 67.9 Å². The van der Waals surface area contributed by atoms with Crippen LogP contribution in [0.15, 0.2) is 66.9 Å². The lowest BCUT2D eigenvalue weighted by atomic mass is 10.1. The number of halogens is 2. The number of ketones is 1. The van der Waals surface area contributed by atoms with Gasteiger partial charge in [0, 0.05) is 22.9 Å². The van der Waals surface area contributed by atoms with E-state index < -0.39 is 6.61 Å². The van der Waals surface area contributed by atoms with E-state index in [1.54, 1.807) is 17.0 Å². The van der Waals surface area contributed by atoms with Gasteiger partial charge in [0.1, 0.15) is 5.75 Å². The van der Waals surface area contributed by atoms with Gasteiger partial charge >= 0.3 is 6.61 Å². The third-order valence-electron chi connectivity index (χ3n) is 4.07. The van der Waals surface area contributed by atoms with Crippen molar-refractivity contribution < 1.29 is 18.3 Å². The molecular formula is C22H17F2N3O2. The third-order valence-corrected chi connectivity index (χ3v) is 4.07. The first-order chi connectivity index (χ1) is 14.1. The highest BCUT2D eigenvalue weighted by Crippen LogP contribution is 2.23. The zero-order valence-electron chi connectivity index (χ0n) is 15.3. The van der Waals surface area contributed by atoms with Crippen LogP contribution in [-0.2, 0) is 6.54 Å². The normalized spacial score (nSPS) is 11.0. The Kier molecular flexibility index (Phi) is 6.48. The molecule has 0 amide bonds. The van der Waals surface area contributed by atoms with Crippen molar-refractivity contribution in [3.63, 3.8) is 0 Å². The molecule has 0 bridgehead atoms. The van der Waals surface area contributed by atoms with Crippen LogP contribution in [-0.4, -0.2) is 22.2 Å². The zero-order chi connectivity index (χ0) is 20.6. The van der Waals surface area contributed by atoms with Gasteiger partial charge in [0.05, 0.1) is 24.7 Å². The van der Waals surface area contributed by atoms with Crippen LogP contribution in [0.3, 0.4) is 0 Å². The predicted octanol–water partition coefficient (Wildman–Crippen LogP) is 4.96. The van der Waals surface area contributed by atoms with Crippen molar-refractivity contribution in [1.82, 2.24) is 9.78 Å². The Bertz CT molecular complexity index is 1040. The van der Waals surface area contributed by atoms with Gasteiger partial charge in [-0.3, -0.25) is 9.48 Å². The average Bonchev–Trinajstić information content (AvgIpc) is 3.14. The summed E-state index contributed by atoms with van der Waals surface area (Å²) < 4.78 is 30.4. The van der Waals surface area contributed by atoms with Gasteiger partial charge in [0.15, 0.2) is 5.78 Å². The fourth-order valence-corrected chi connectivity index (χ4v) is 2.72. The van der Waals surface area contributed by atoms with Crippen LogP contribution in [0.5, 0.6) is 5.75 Å². The molecule has 3 rings (SSSR count). The van der Waals surface area contributed by atoms with E-state index in [9.17, 15) is 13.6 Å². The van der Waals surface area contributed by atoms with Crippen molar-refractivity contribution in [2.75, 3.05) is 0 Å². The lowest BCUT2D eigenvalue weighted by molar-refractivity contribution is -0.0498. The molecule has 0 aliphatic carbocycles. The molecule has 7 heteroatoms. The summed E-state index contributed by atoms with van der Waals surface area (Å²) >= 11 is 0. The molecular weight excluding hydrogens is 376 g/mol. The summed E-state index contributed by atoms with van der Waals surface area (Å²) in [5.74, 6) is -0.289. The maximum atomic E-state index is 12.4. The number of rotatable bonds is 8. The fraction of sp³-hybridized carbons (Fsp3) is 0.136. The van der Waals surface area contributed by atoms with E-state index in [1.807, 2.05) is 30.3 Å². The van der Waals surface area contributed by atoms with Gasteiger partial charge in [-0.2, -0.15) is 19.1 Å². The van der Waals surface area contributed by atoms with Gasteiger partial charge in [-0.25, -0.2) is 0 Å². The molecule has 2 aromatic carbocycles. The summed E-state index contributed by atoms with van der Waals surface area (Å²) in [4.78, 5) is 12.4. The zero-order valence-corrected chi connectivity index (χ0v) is 15.3. The first-order valence-corrected chi connectivity index (χ1v) is 8.84. The predicted molar refractivity (Wildman–Crippen MR) is 104 cm³/mol. The lowest BCUT2D eigenvalue weighted by Gasteiger charge is -2.04. The maximum absolute atomic E-state index is 12.4. The molecule has 0 radical (unpaired) electrons. The maximum Gasteiger partial charge on any atom is 0.387 e. The molecule has 0 aliphatic rings. The molecule has 1 aromatic heterocycles. The van der Waals surface area contributed by atoms with E-state index >= 15 is 0 Å². The number of nitriles is 1. The molecule has 0 atom stereocenters. The van der Waals surface area contributed by atoms with Crippen LogP contribution in [0, 0.1) is 11.3 Å². The number of aryl methyl sites for hydroxylation is 1. The first kappa shape index (κ1) is 20.0. The van der Waals surface area contributed by atoms with Crippen molar-refractivity contribution in [3.8, 4) is 23.1 Å². The molecule has 5 nitrogen and oxygen atoms in total. The molecule has 29 heavy (non-hydrogen) atoms. The van der Waals surface area contributed by atoms with Gasteiger partial charge in [0.25, 0.3) is 0 Å². The number of benzene rings is 2. The average molecular weight is 393 g/mol. The van der Waals surface area contributed by atoms with Crippen molar-refractivity contribution in [3.05, 3.63) is 78.0 Å². The Labute approximate surface area is 166 Å². The fourth-order valence-electron chi connectivity index (χ4n) is 2.72. The molecule has 3 aromatic rings. The van der Waals surface area contributed by atoms with E-state index in [2.05, 4.69) is 15.9 Å². The molecule has 1 heterocycles. The van der Waals surface area contributed by atoms with Gasteiger partial charge in [-0.1, -0.05) is 30.3 Å². The SMILES string of the molecule is N#CCCn1cc(/C=C/C(=O)c2ccc(OC(F)F)cc2)c(-c2ccccc2)n1. The van der Waals surface area contributed by atoms with Crippen LogP contribution in [0.1, 0.15) is 22.3 Å². The number of hydrogen-bond donors (Lipinski definition) is 0. The number of ether oxygens (including phenoxy) is 1. The summed E-state index contributed by atoms with van der Waals surface area (Å²) in [6.07, 6.45) is 5.17. The van der Waals surface area contributed by atoms with Crippen LogP contribution >= 0.6 is 0 Å². The van der Waals surface area contributed by atoms with E-state index in [1.165, 1.54) is 30.3 Å². The standard InChI is InChI=1S/C22H17F2N3O2/c23-22(24)29-19-10-7-16(8-11-19)20(28)12-9-18-15-27(14-4-13-25)26-21(18)17-5-2-1-3-6-17/h1-3,5-12,15,22H,4,14H2/b12-9+. The number of carbonyl (C=O) groups excluding carboxylic acids is 1. The molecule has 0 unspecified atom stereocenters. The van der Waals surface area contributed by atoms with Gasteiger partial charge < -0.3 is 4.74 Å². The highest BCUT2D eigenvalue weighted by molar-refractivity contribution is 6.07. The molecule has 0 aliphatic heterocycles. The molecule has 146 valence electrons. The van der Waals surface area contributed by atoms with E-state index in [-0.39, 0.29) is 11.5 Å². The Morgan fingerprint density at radius 3 is 2.55 bits per heavy atom. The second-order valence-electron chi connectivity index (χ2n) is 6.07. The number of aromatic nitrogens is 2. The summed E-state index contributed by atoms with van der Waals surface area (Å²) in [5, 5.41) is 13.3.